The maximum atomic E-state index is 6.43. The molecular weight excluding hydrogens is 445 g/mol. The summed E-state index contributed by atoms with van der Waals surface area (Å²) in [5.74, 6) is 1.01. The van der Waals surface area contributed by atoms with Gasteiger partial charge in [0.05, 0.1) is 19.3 Å². The lowest BCUT2D eigenvalue weighted by Gasteiger charge is -2.44. The Balaban J connectivity index is 1.74. The molecule has 2 fully saturated rings. The van der Waals surface area contributed by atoms with Gasteiger partial charge in [-0.2, -0.15) is 0 Å². The monoisotopic (exact) mass is 478 g/mol. The van der Waals surface area contributed by atoms with E-state index in [2.05, 4.69) is 53.1 Å². The van der Waals surface area contributed by atoms with E-state index >= 15 is 0 Å². The van der Waals surface area contributed by atoms with E-state index in [1.54, 1.807) is 11.0 Å². The highest BCUT2D eigenvalue weighted by atomic mass is 35.5. The molecule has 174 valence electrons. The topological polar surface area (TPSA) is 57.3 Å². The first-order valence-electron chi connectivity index (χ1n) is 11.7. The van der Waals surface area contributed by atoms with E-state index in [0.717, 1.165) is 50.5 Å². The third-order valence-corrected chi connectivity index (χ3v) is 7.53. The van der Waals surface area contributed by atoms with Crippen LogP contribution >= 0.6 is 23.2 Å². The van der Waals surface area contributed by atoms with E-state index < -0.39 is 0 Å². The zero-order valence-corrected chi connectivity index (χ0v) is 20.8. The van der Waals surface area contributed by atoms with Crippen LogP contribution < -0.4 is 4.90 Å². The minimum absolute atomic E-state index is 0.0153. The second-order valence-electron chi connectivity index (χ2n) is 10.1. The number of benzene rings is 1. The molecule has 0 radical (unpaired) electrons. The number of nitrogens with zero attached hydrogens (tertiary/aromatic N) is 4. The number of halogens is 2. The predicted molar refractivity (Wildman–Crippen MR) is 128 cm³/mol. The quantitative estimate of drug-likeness (QED) is 0.693. The van der Waals surface area contributed by atoms with Crippen LogP contribution in [-0.4, -0.2) is 46.5 Å². The molecule has 4 rings (SSSR count). The molecule has 2 aliphatic rings. The molecule has 1 aliphatic carbocycles. The van der Waals surface area contributed by atoms with Gasteiger partial charge in [0.25, 0.3) is 0 Å². The number of quaternary nitrogens is 1. The Morgan fingerprint density at radius 1 is 1.12 bits per heavy atom. The van der Waals surface area contributed by atoms with Gasteiger partial charge in [0.2, 0.25) is 5.82 Å². The van der Waals surface area contributed by atoms with Crippen LogP contribution in [0, 0.1) is 5.41 Å². The summed E-state index contributed by atoms with van der Waals surface area (Å²) in [6, 6.07) is 5.57. The second-order valence-corrected chi connectivity index (χ2v) is 11.0. The molecule has 1 aromatic heterocycles. The number of morpholine rings is 1. The molecule has 32 heavy (non-hydrogen) atoms. The standard InChI is InChI=1S/C24H33Cl2N5O/c1-23(2,3)21(10-8-18-7-9-19(25)17-20(18)26)31-22(27-28-29-31)24(11-5-4-6-12-24)30-13-15-32-16-14-30/h7-10,17,21H,4-6,11-16H2,1-3H3/p+1/b10-8+/t21-/m1/s1. The zero-order valence-electron chi connectivity index (χ0n) is 19.3. The van der Waals surface area contributed by atoms with Gasteiger partial charge in [0.1, 0.15) is 13.1 Å². The molecule has 0 amide bonds. The first-order chi connectivity index (χ1) is 15.3. The minimum Gasteiger partial charge on any atom is -0.370 e. The molecule has 2 aromatic rings. The molecular formula is C24H34Cl2N5O+. The molecule has 1 saturated heterocycles. The van der Waals surface area contributed by atoms with Gasteiger partial charge >= 0.3 is 0 Å². The largest absolute Gasteiger partial charge is 0.370 e. The number of ether oxygens (including phenoxy) is 1. The van der Waals surface area contributed by atoms with Crippen LogP contribution in [0.4, 0.5) is 0 Å². The van der Waals surface area contributed by atoms with Gasteiger partial charge in [-0.25, -0.2) is 4.68 Å². The van der Waals surface area contributed by atoms with Crippen molar-refractivity contribution in [1.29, 1.82) is 0 Å². The van der Waals surface area contributed by atoms with Crippen LogP contribution in [-0.2, 0) is 10.3 Å². The summed E-state index contributed by atoms with van der Waals surface area (Å²) in [5, 5.41) is 14.7. The Kier molecular flexibility index (Phi) is 7.25. The van der Waals surface area contributed by atoms with Crippen molar-refractivity contribution in [1.82, 2.24) is 20.2 Å². The van der Waals surface area contributed by atoms with Crippen molar-refractivity contribution in [3.05, 3.63) is 45.7 Å². The number of allylic oxidation sites excluding steroid dienone is 1. The highest BCUT2D eigenvalue weighted by molar-refractivity contribution is 6.35. The highest BCUT2D eigenvalue weighted by Gasteiger charge is 2.49. The Morgan fingerprint density at radius 3 is 2.50 bits per heavy atom. The van der Waals surface area contributed by atoms with E-state index in [1.165, 1.54) is 19.3 Å². The van der Waals surface area contributed by atoms with Gasteiger partial charge in [-0.05, 0) is 46.4 Å². The Hall–Kier alpha value is -1.47. The van der Waals surface area contributed by atoms with E-state index in [9.17, 15) is 0 Å². The first kappa shape index (κ1) is 23.7. The van der Waals surface area contributed by atoms with Gasteiger partial charge in [-0.1, -0.05) is 68.6 Å². The highest BCUT2D eigenvalue weighted by Crippen LogP contribution is 2.38. The van der Waals surface area contributed by atoms with Gasteiger partial charge in [-0.3, -0.25) is 0 Å². The average Bonchev–Trinajstić information content (AvgIpc) is 3.25. The summed E-state index contributed by atoms with van der Waals surface area (Å²) >= 11 is 12.5. The Labute approximate surface area is 200 Å². The minimum atomic E-state index is -0.0876. The van der Waals surface area contributed by atoms with Crippen LogP contribution in [0.2, 0.25) is 10.0 Å². The van der Waals surface area contributed by atoms with E-state index in [1.807, 2.05) is 12.1 Å². The van der Waals surface area contributed by atoms with Crippen molar-refractivity contribution in [3.63, 3.8) is 0 Å². The number of rotatable bonds is 5. The van der Waals surface area contributed by atoms with E-state index in [4.69, 9.17) is 27.9 Å². The van der Waals surface area contributed by atoms with Crippen LogP contribution in [0.5, 0.6) is 0 Å². The van der Waals surface area contributed by atoms with Crippen molar-refractivity contribution in [2.45, 2.75) is 64.5 Å². The van der Waals surface area contributed by atoms with Gasteiger partial charge in [0, 0.05) is 22.9 Å². The van der Waals surface area contributed by atoms with Crippen molar-refractivity contribution >= 4 is 29.3 Å². The lowest BCUT2D eigenvalue weighted by molar-refractivity contribution is -0.970. The summed E-state index contributed by atoms with van der Waals surface area (Å²) in [4.78, 5) is 1.57. The molecule has 1 aliphatic heterocycles. The summed E-state index contributed by atoms with van der Waals surface area (Å²) in [6.07, 6.45) is 10.2. The average molecular weight is 479 g/mol. The maximum Gasteiger partial charge on any atom is 0.213 e. The SMILES string of the molecule is CC(C)(C)[C@@H](/C=C/c1ccc(Cl)cc1Cl)n1nnnc1C1([NH+]2CCOCC2)CCCCC1. The zero-order chi connectivity index (χ0) is 22.8. The molecule has 1 saturated carbocycles. The number of tetrazole rings is 1. The number of hydrogen-bond acceptors (Lipinski definition) is 4. The Morgan fingerprint density at radius 2 is 1.84 bits per heavy atom. The molecule has 6 nitrogen and oxygen atoms in total. The lowest BCUT2D eigenvalue weighted by Crippen LogP contribution is -3.20. The molecule has 0 bridgehead atoms. The number of nitrogens with one attached hydrogen (secondary N) is 1. The van der Waals surface area contributed by atoms with Crippen molar-refractivity contribution in [3.8, 4) is 0 Å². The fourth-order valence-electron chi connectivity index (χ4n) is 5.25. The lowest BCUT2D eigenvalue weighted by atomic mass is 9.78. The molecule has 8 heteroatoms. The van der Waals surface area contributed by atoms with Crippen LogP contribution in [0.1, 0.15) is 70.3 Å². The fourth-order valence-corrected chi connectivity index (χ4v) is 5.72. The molecule has 1 atom stereocenters. The fraction of sp³-hybridized carbons (Fsp3) is 0.625. The van der Waals surface area contributed by atoms with Crippen LogP contribution in [0.25, 0.3) is 6.08 Å². The van der Waals surface area contributed by atoms with Crippen molar-refractivity contribution in [2.24, 2.45) is 5.41 Å². The van der Waals surface area contributed by atoms with E-state index in [-0.39, 0.29) is 17.0 Å². The summed E-state index contributed by atoms with van der Waals surface area (Å²) in [5.41, 5.74) is 0.794. The number of aromatic nitrogens is 4. The maximum absolute atomic E-state index is 6.43. The molecule has 1 N–H and O–H groups in total. The van der Waals surface area contributed by atoms with Crippen LogP contribution in [0.3, 0.4) is 0 Å². The third-order valence-electron chi connectivity index (χ3n) is 6.97. The van der Waals surface area contributed by atoms with Gasteiger partial charge in [0.15, 0.2) is 5.54 Å². The third kappa shape index (κ3) is 4.89. The summed E-state index contributed by atoms with van der Waals surface area (Å²) in [6.45, 7) is 10.3. The molecule has 0 spiro atoms. The van der Waals surface area contributed by atoms with Crippen molar-refractivity contribution in [2.75, 3.05) is 26.3 Å². The van der Waals surface area contributed by atoms with Crippen LogP contribution in [0.15, 0.2) is 24.3 Å². The van der Waals surface area contributed by atoms with E-state index in [0.29, 0.717) is 10.0 Å². The molecule has 2 heterocycles. The summed E-state index contributed by atoms with van der Waals surface area (Å²) < 4.78 is 7.76. The molecule has 0 unspecified atom stereocenters. The predicted octanol–water partition coefficient (Wildman–Crippen LogP) is 4.36. The number of hydrogen-bond donors (Lipinski definition) is 1. The van der Waals surface area contributed by atoms with Gasteiger partial charge < -0.3 is 9.64 Å². The smallest absolute Gasteiger partial charge is 0.213 e. The second kappa shape index (κ2) is 9.80. The normalized spacial score (nSPS) is 21.2. The van der Waals surface area contributed by atoms with Gasteiger partial charge in [-0.15, -0.1) is 5.10 Å². The first-order valence-corrected chi connectivity index (χ1v) is 12.4. The molecule has 1 aromatic carbocycles. The van der Waals surface area contributed by atoms with Crippen molar-refractivity contribution < 1.29 is 9.64 Å². The summed E-state index contributed by atoms with van der Waals surface area (Å²) in [7, 11) is 0. The Bertz CT molecular complexity index is 940.